The maximum atomic E-state index is 6.07. The molecule has 0 radical (unpaired) electrons. The summed E-state index contributed by atoms with van der Waals surface area (Å²) in [4.78, 5) is 0. The van der Waals surface area contributed by atoms with Crippen molar-refractivity contribution >= 4 is 45.8 Å². The fraction of sp³-hybridized carbons (Fsp3) is 0.0769. The Kier molecular flexibility index (Phi) is 4.54. The van der Waals surface area contributed by atoms with Crippen LogP contribution in [0.3, 0.4) is 0 Å². The van der Waals surface area contributed by atoms with E-state index in [2.05, 4.69) is 22.6 Å². The van der Waals surface area contributed by atoms with Gasteiger partial charge >= 0.3 is 0 Å². The van der Waals surface area contributed by atoms with Crippen molar-refractivity contribution in [3.8, 4) is 5.75 Å². The summed E-state index contributed by atoms with van der Waals surface area (Å²) in [6, 6.07) is 13.3. The van der Waals surface area contributed by atoms with Crippen LogP contribution in [-0.2, 0) is 6.61 Å². The third kappa shape index (κ3) is 3.27. The van der Waals surface area contributed by atoms with Crippen molar-refractivity contribution in [2.75, 3.05) is 0 Å². The van der Waals surface area contributed by atoms with E-state index in [0.29, 0.717) is 16.7 Å². The van der Waals surface area contributed by atoms with Crippen LogP contribution < -0.4 is 4.74 Å². The number of para-hydroxylation sites is 1. The van der Waals surface area contributed by atoms with Gasteiger partial charge in [0, 0.05) is 15.6 Å². The average Bonchev–Trinajstić information content (AvgIpc) is 2.30. The average molecular weight is 379 g/mol. The molecule has 0 aliphatic rings. The van der Waals surface area contributed by atoms with Crippen LogP contribution in [0.2, 0.25) is 10.0 Å². The number of benzene rings is 2. The highest BCUT2D eigenvalue weighted by Crippen LogP contribution is 2.27. The minimum atomic E-state index is 0.374. The van der Waals surface area contributed by atoms with Crippen molar-refractivity contribution in [1.82, 2.24) is 0 Å². The molecule has 88 valence electrons. The van der Waals surface area contributed by atoms with Crippen molar-refractivity contribution in [3.05, 3.63) is 61.6 Å². The van der Waals surface area contributed by atoms with Gasteiger partial charge in [-0.25, -0.2) is 0 Å². The van der Waals surface area contributed by atoms with Crippen LogP contribution in [0.15, 0.2) is 42.5 Å². The molecule has 0 amide bonds. The molecule has 0 aliphatic carbocycles. The van der Waals surface area contributed by atoms with Gasteiger partial charge in [-0.15, -0.1) is 0 Å². The fourth-order valence-corrected chi connectivity index (χ4v) is 2.43. The molecule has 0 atom stereocenters. The molecule has 0 aliphatic heterocycles. The smallest absolute Gasteiger partial charge is 0.133 e. The van der Waals surface area contributed by atoms with E-state index in [-0.39, 0.29) is 0 Å². The van der Waals surface area contributed by atoms with E-state index in [1.807, 2.05) is 42.5 Å². The lowest BCUT2D eigenvalue weighted by Gasteiger charge is -2.10. The van der Waals surface area contributed by atoms with E-state index in [9.17, 15) is 0 Å². The summed E-state index contributed by atoms with van der Waals surface area (Å²) in [5.74, 6) is 0.837. The Labute approximate surface area is 124 Å². The fourth-order valence-electron chi connectivity index (χ4n) is 1.38. The molecule has 0 unspecified atom stereocenters. The standard InChI is InChI=1S/C13H9Cl2IO/c14-10-4-3-5-11(15)9(10)8-17-13-7-2-1-6-12(13)16/h1-7H,8H2. The number of rotatable bonds is 3. The zero-order valence-corrected chi connectivity index (χ0v) is 12.5. The lowest BCUT2D eigenvalue weighted by Crippen LogP contribution is -1.98. The molecule has 0 aromatic heterocycles. The molecule has 0 saturated carbocycles. The van der Waals surface area contributed by atoms with Gasteiger partial charge < -0.3 is 4.74 Å². The first kappa shape index (κ1) is 13.0. The molecule has 0 heterocycles. The first-order valence-corrected chi connectivity index (χ1v) is 6.82. The lowest BCUT2D eigenvalue weighted by molar-refractivity contribution is 0.304. The summed E-state index contributed by atoms with van der Waals surface area (Å²) in [5.41, 5.74) is 0.815. The predicted octanol–water partition coefficient (Wildman–Crippen LogP) is 5.18. The molecule has 4 heteroatoms. The zero-order valence-electron chi connectivity index (χ0n) is 8.79. The highest BCUT2D eigenvalue weighted by atomic mass is 127. The Morgan fingerprint density at radius 1 is 0.941 bits per heavy atom. The second-order valence-corrected chi connectivity index (χ2v) is 5.40. The Morgan fingerprint density at radius 3 is 2.24 bits per heavy atom. The van der Waals surface area contributed by atoms with Gasteiger partial charge in [0.1, 0.15) is 12.4 Å². The summed E-state index contributed by atoms with van der Waals surface area (Å²) >= 11 is 14.4. The van der Waals surface area contributed by atoms with Gasteiger partial charge in [-0.1, -0.05) is 41.4 Å². The zero-order chi connectivity index (χ0) is 12.3. The minimum absolute atomic E-state index is 0.374. The molecular weight excluding hydrogens is 370 g/mol. The molecular formula is C13H9Cl2IO. The highest BCUT2D eigenvalue weighted by Gasteiger charge is 2.07. The number of hydrogen-bond acceptors (Lipinski definition) is 1. The number of ether oxygens (including phenoxy) is 1. The van der Waals surface area contributed by atoms with Crippen molar-refractivity contribution in [2.24, 2.45) is 0 Å². The molecule has 0 spiro atoms. The summed E-state index contributed by atoms with van der Waals surface area (Å²) in [7, 11) is 0. The molecule has 1 nitrogen and oxygen atoms in total. The van der Waals surface area contributed by atoms with E-state index < -0.39 is 0 Å². The minimum Gasteiger partial charge on any atom is -0.488 e. The van der Waals surface area contributed by atoms with E-state index in [1.54, 1.807) is 0 Å². The van der Waals surface area contributed by atoms with Gasteiger partial charge in [0.15, 0.2) is 0 Å². The molecule has 17 heavy (non-hydrogen) atoms. The third-order valence-electron chi connectivity index (χ3n) is 2.27. The summed E-state index contributed by atoms with van der Waals surface area (Å²) in [5, 5.41) is 1.26. The van der Waals surface area contributed by atoms with Crippen molar-refractivity contribution in [2.45, 2.75) is 6.61 Å². The van der Waals surface area contributed by atoms with Gasteiger partial charge in [0.25, 0.3) is 0 Å². The summed E-state index contributed by atoms with van der Waals surface area (Å²) in [6.45, 7) is 0.374. The van der Waals surface area contributed by atoms with Crippen molar-refractivity contribution in [1.29, 1.82) is 0 Å². The highest BCUT2D eigenvalue weighted by molar-refractivity contribution is 14.1. The largest absolute Gasteiger partial charge is 0.488 e. The quantitative estimate of drug-likeness (QED) is 0.669. The molecule has 2 rings (SSSR count). The van der Waals surface area contributed by atoms with Gasteiger partial charge in [-0.3, -0.25) is 0 Å². The lowest BCUT2D eigenvalue weighted by atomic mass is 10.2. The molecule has 0 saturated heterocycles. The van der Waals surface area contributed by atoms with Gasteiger partial charge in [0.05, 0.1) is 3.57 Å². The summed E-state index contributed by atoms with van der Waals surface area (Å²) in [6.07, 6.45) is 0. The van der Waals surface area contributed by atoms with Gasteiger partial charge in [-0.2, -0.15) is 0 Å². The van der Waals surface area contributed by atoms with Crippen LogP contribution in [0, 0.1) is 3.57 Å². The normalized spacial score (nSPS) is 10.3. The third-order valence-corrected chi connectivity index (χ3v) is 3.87. The van der Waals surface area contributed by atoms with Crippen LogP contribution >= 0.6 is 45.8 Å². The Morgan fingerprint density at radius 2 is 1.59 bits per heavy atom. The molecule has 0 bridgehead atoms. The Hall–Kier alpha value is -0.450. The second-order valence-electron chi connectivity index (χ2n) is 3.42. The first-order valence-electron chi connectivity index (χ1n) is 4.98. The maximum absolute atomic E-state index is 6.07. The summed E-state index contributed by atoms with van der Waals surface area (Å²) < 4.78 is 6.77. The first-order chi connectivity index (χ1) is 8.18. The SMILES string of the molecule is Clc1cccc(Cl)c1COc1ccccc1I. The van der Waals surface area contributed by atoms with Gasteiger partial charge in [-0.05, 0) is 46.9 Å². The molecule has 2 aromatic rings. The van der Waals surface area contributed by atoms with Crippen LogP contribution in [0.4, 0.5) is 0 Å². The van der Waals surface area contributed by atoms with E-state index in [4.69, 9.17) is 27.9 Å². The Bertz CT molecular complexity index is 508. The van der Waals surface area contributed by atoms with E-state index >= 15 is 0 Å². The molecule has 2 aromatic carbocycles. The van der Waals surface area contributed by atoms with Crippen LogP contribution in [0.25, 0.3) is 0 Å². The maximum Gasteiger partial charge on any atom is 0.133 e. The van der Waals surface area contributed by atoms with Crippen LogP contribution in [-0.4, -0.2) is 0 Å². The predicted molar refractivity (Wildman–Crippen MR) is 80.0 cm³/mol. The van der Waals surface area contributed by atoms with Crippen molar-refractivity contribution in [3.63, 3.8) is 0 Å². The molecule has 0 fully saturated rings. The van der Waals surface area contributed by atoms with Crippen LogP contribution in [0.5, 0.6) is 5.75 Å². The van der Waals surface area contributed by atoms with E-state index in [0.717, 1.165) is 14.9 Å². The van der Waals surface area contributed by atoms with Crippen molar-refractivity contribution < 1.29 is 4.74 Å². The van der Waals surface area contributed by atoms with Crippen LogP contribution in [0.1, 0.15) is 5.56 Å². The number of halogens is 3. The topological polar surface area (TPSA) is 9.23 Å². The van der Waals surface area contributed by atoms with E-state index in [1.165, 1.54) is 0 Å². The monoisotopic (exact) mass is 378 g/mol. The Balaban J connectivity index is 2.16. The molecule has 0 N–H and O–H groups in total. The number of hydrogen-bond donors (Lipinski definition) is 0. The van der Waals surface area contributed by atoms with Gasteiger partial charge in [0.2, 0.25) is 0 Å². The second kappa shape index (κ2) is 5.94.